The molecule has 2 unspecified atom stereocenters. The number of fused-ring (bicyclic) bond motifs is 1. The van der Waals surface area contributed by atoms with E-state index in [1.165, 1.54) is 22.4 Å². The third-order valence-electron chi connectivity index (χ3n) is 5.38. The molecule has 1 fully saturated rings. The number of hydrogen-bond donors (Lipinski definition) is 2. The molecule has 0 aliphatic carbocycles. The highest BCUT2D eigenvalue weighted by Crippen LogP contribution is 2.30. The van der Waals surface area contributed by atoms with Crippen LogP contribution in [0.4, 0.5) is 5.69 Å². The second kappa shape index (κ2) is 11.5. The molecule has 0 radical (unpaired) electrons. The van der Waals surface area contributed by atoms with Crippen molar-refractivity contribution < 1.29 is 4.79 Å². The number of nitrogens with zero attached hydrogens (tertiary/aromatic N) is 2. The minimum Gasteiger partial charge on any atom is -0.388 e. The molecule has 162 valence electrons. The van der Waals surface area contributed by atoms with Crippen LogP contribution in [0.25, 0.3) is 0 Å². The molecule has 0 saturated carbocycles. The zero-order chi connectivity index (χ0) is 22.1. The van der Waals surface area contributed by atoms with Gasteiger partial charge < -0.3 is 15.1 Å². The Morgan fingerprint density at radius 2 is 1.70 bits per heavy atom. The Hall–Kier alpha value is -2.63. The van der Waals surface area contributed by atoms with Crippen LogP contribution in [-0.2, 0) is 11.3 Å². The van der Waals surface area contributed by atoms with E-state index in [0.29, 0.717) is 6.04 Å². The van der Waals surface area contributed by atoms with Crippen LogP contribution >= 0.6 is 0 Å². The van der Waals surface area contributed by atoms with Crippen molar-refractivity contribution >= 4 is 12.5 Å². The summed E-state index contributed by atoms with van der Waals surface area (Å²) in [5.41, 5.74) is 10.2. The van der Waals surface area contributed by atoms with Gasteiger partial charge in [0.15, 0.2) is 0 Å². The van der Waals surface area contributed by atoms with E-state index in [0.717, 1.165) is 25.3 Å². The largest absolute Gasteiger partial charge is 0.388 e. The predicted molar refractivity (Wildman–Crippen MR) is 126 cm³/mol. The number of hydrazine groups is 1. The van der Waals surface area contributed by atoms with Gasteiger partial charge in [0.2, 0.25) is 0 Å². The minimum atomic E-state index is 0.280. The van der Waals surface area contributed by atoms with Gasteiger partial charge in [-0.1, -0.05) is 55.8 Å². The summed E-state index contributed by atoms with van der Waals surface area (Å²) in [6.45, 7) is 13.5. The maximum atomic E-state index is 8.00. The normalized spacial score (nSPS) is 20.2. The number of rotatable bonds is 4. The highest BCUT2D eigenvalue weighted by Gasteiger charge is 2.33. The van der Waals surface area contributed by atoms with Crippen molar-refractivity contribution in [1.29, 1.82) is 0 Å². The minimum absolute atomic E-state index is 0.280. The van der Waals surface area contributed by atoms with Gasteiger partial charge in [-0.2, -0.15) is 0 Å². The van der Waals surface area contributed by atoms with Gasteiger partial charge in [0.1, 0.15) is 6.79 Å². The lowest BCUT2D eigenvalue weighted by molar-refractivity contribution is -0.0979. The summed E-state index contributed by atoms with van der Waals surface area (Å²) >= 11 is 0. The van der Waals surface area contributed by atoms with Crippen LogP contribution in [0.3, 0.4) is 0 Å². The smallest absolute Gasteiger partial charge is 0.106 e. The molecule has 30 heavy (non-hydrogen) atoms. The van der Waals surface area contributed by atoms with Gasteiger partial charge in [0.25, 0.3) is 0 Å². The van der Waals surface area contributed by atoms with Crippen LogP contribution in [-0.4, -0.2) is 42.9 Å². The molecule has 0 amide bonds. The molecule has 2 aromatic rings. The van der Waals surface area contributed by atoms with Crippen LogP contribution < -0.4 is 10.7 Å². The zero-order valence-corrected chi connectivity index (χ0v) is 19.0. The summed E-state index contributed by atoms with van der Waals surface area (Å²) in [7, 11) is 1.96. The number of piperazine rings is 1. The number of benzene rings is 2. The topological polar surface area (TPSA) is 47.6 Å². The van der Waals surface area contributed by atoms with Crippen LogP contribution in [0.15, 0.2) is 60.3 Å². The van der Waals surface area contributed by atoms with E-state index in [9.17, 15) is 0 Å². The van der Waals surface area contributed by atoms with Gasteiger partial charge in [0.05, 0.1) is 12.1 Å². The third-order valence-corrected chi connectivity index (χ3v) is 5.38. The molecule has 2 atom stereocenters. The summed E-state index contributed by atoms with van der Waals surface area (Å²) < 4.78 is 0. The molecule has 0 bridgehead atoms. The Kier molecular flexibility index (Phi) is 9.09. The van der Waals surface area contributed by atoms with Crippen molar-refractivity contribution in [3.63, 3.8) is 0 Å². The van der Waals surface area contributed by atoms with E-state index in [1.807, 2.05) is 27.7 Å². The lowest BCUT2D eigenvalue weighted by Gasteiger charge is -2.40. The van der Waals surface area contributed by atoms with E-state index in [4.69, 9.17) is 4.79 Å². The Balaban J connectivity index is 0.000000757. The summed E-state index contributed by atoms with van der Waals surface area (Å²) in [5, 5.41) is 5.55. The molecule has 2 aliphatic rings. The molecule has 2 aliphatic heterocycles. The first kappa shape index (κ1) is 23.6. The molecular weight excluding hydrogens is 372 g/mol. The fraction of sp³-hybridized carbons (Fsp3) is 0.400. The number of nitrogens with one attached hydrogen (secondary N) is 2. The second-order valence-corrected chi connectivity index (χ2v) is 7.51. The van der Waals surface area contributed by atoms with Crippen molar-refractivity contribution in [3.8, 4) is 0 Å². The molecule has 2 aromatic carbocycles. The van der Waals surface area contributed by atoms with Crippen LogP contribution in [0.2, 0.25) is 0 Å². The molecule has 2 N–H and O–H groups in total. The molecule has 0 aromatic heterocycles. The number of anilines is 1. The SMILES string of the molecule is C=O.CC.CNc1ccc(CN2CC3=CC(c4ccc(C)cc4)NN3C(C)C2)cc1. The maximum absolute atomic E-state index is 8.00. The molecule has 5 heteroatoms. The highest BCUT2D eigenvalue weighted by atomic mass is 16.1. The van der Waals surface area contributed by atoms with Gasteiger partial charge in [-0.15, -0.1) is 0 Å². The summed E-state index contributed by atoms with van der Waals surface area (Å²) in [4.78, 5) is 10.5. The molecular formula is C25H36N4O. The first-order chi connectivity index (χ1) is 14.6. The maximum Gasteiger partial charge on any atom is 0.106 e. The Bertz CT molecular complexity index is 801. The monoisotopic (exact) mass is 408 g/mol. The lowest BCUT2D eigenvalue weighted by atomic mass is 10.1. The Labute approximate surface area is 181 Å². The van der Waals surface area contributed by atoms with Gasteiger partial charge in [-0.3, -0.25) is 4.90 Å². The standard InChI is InChI=1S/C22H28N4.C2H6.CH2O/c1-16-4-8-19(9-5-16)22-12-21-15-25(13-17(2)26(21)24-22)14-18-6-10-20(23-3)11-7-18;2*1-2/h4-12,17,22-24H,13-15H2,1-3H3;1-2H3;1H2. The molecule has 1 saturated heterocycles. The van der Waals surface area contributed by atoms with Crippen molar-refractivity contribution in [2.75, 3.05) is 25.5 Å². The summed E-state index contributed by atoms with van der Waals surface area (Å²) in [6.07, 6.45) is 2.39. The van der Waals surface area contributed by atoms with Gasteiger partial charge >= 0.3 is 0 Å². The first-order valence-corrected chi connectivity index (χ1v) is 10.7. The average Bonchev–Trinajstić information content (AvgIpc) is 3.22. The Morgan fingerprint density at radius 3 is 2.30 bits per heavy atom. The first-order valence-electron chi connectivity index (χ1n) is 10.7. The van der Waals surface area contributed by atoms with Gasteiger partial charge in [-0.25, -0.2) is 5.43 Å². The predicted octanol–water partition coefficient (Wildman–Crippen LogP) is 4.53. The van der Waals surface area contributed by atoms with Gasteiger partial charge in [0, 0.05) is 38.1 Å². The lowest BCUT2D eigenvalue weighted by Crippen LogP contribution is -2.52. The Morgan fingerprint density at radius 1 is 1.07 bits per heavy atom. The highest BCUT2D eigenvalue weighted by molar-refractivity contribution is 5.43. The third kappa shape index (κ3) is 5.71. The fourth-order valence-electron chi connectivity index (χ4n) is 3.93. The molecule has 2 heterocycles. The number of hydrogen-bond acceptors (Lipinski definition) is 5. The average molecular weight is 409 g/mol. The van der Waals surface area contributed by atoms with Crippen LogP contribution in [0.5, 0.6) is 0 Å². The van der Waals surface area contributed by atoms with Crippen molar-refractivity contribution in [2.24, 2.45) is 0 Å². The van der Waals surface area contributed by atoms with E-state index < -0.39 is 0 Å². The second-order valence-electron chi connectivity index (χ2n) is 7.51. The fourth-order valence-corrected chi connectivity index (χ4v) is 3.93. The number of carbonyl (C=O) groups excluding carboxylic acids is 1. The molecule has 0 spiro atoms. The van der Waals surface area contributed by atoms with Crippen molar-refractivity contribution in [1.82, 2.24) is 15.3 Å². The quantitative estimate of drug-likeness (QED) is 0.778. The summed E-state index contributed by atoms with van der Waals surface area (Å²) in [5.74, 6) is 0. The van der Waals surface area contributed by atoms with Crippen molar-refractivity contribution in [3.05, 3.63) is 77.0 Å². The van der Waals surface area contributed by atoms with E-state index in [2.05, 4.69) is 89.1 Å². The molecule has 4 rings (SSSR count). The number of carbonyl (C=O) groups is 1. The van der Waals surface area contributed by atoms with Crippen LogP contribution in [0.1, 0.15) is 43.5 Å². The number of aryl methyl sites for hydroxylation is 1. The summed E-state index contributed by atoms with van der Waals surface area (Å²) in [6, 6.07) is 18.3. The van der Waals surface area contributed by atoms with Gasteiger partial charge in [-0.05, 0) is 43.2 Å². The van der Waals surface area contributed by atoms with E-state index in [-0.39, 0.29) is 6.04 Å². The van der Waals surface area contributed by atoms with E-state index >= 15 is 0 Å². The van der Waals surface area contributed by atoms with Crippen molar-refractivity contribution in [2.45, 2.75) is 46.3 Å². The van der Waals surface area contributed by atoms with E-state index in [1.54, 1.807) is 0 Å². The molecule has 5 nitrogen and oxygen atoms in total. The van der Waals surface area contributed by atoms with Crippen LogP contribution in [0, 0.1) is 6.92 Å². The zero-order valence-electron chi connectivity index (χ0n) is 19.0.